The maximum absolute atomic E-state index is 13.4. The Kier molecular flexibility index (Phi) is 10.2. The summed E-state index contributed by atoms with van der Waals surface area (Å²) < 4.78 is 0. The van der Waals surface area contributed by atoms with Crippen molar-refractivity contribution in [1.29, 1.82) is 0 Å². The van der Waals surface area contributed by atoms with E-state index in [9.17, 15) is 24.0 Å². The molecule has 0 saturated carbocycles. The van der Waals surface area contributed by atoms with Crippen LogP contribution in [0, 0.1) is 0 Å². The van der Waals surface area contributed by atoms with Gasteiger partial charge in [0, 0.05) is 45.2 Å². The third-order valence-corrected chi connectivity index (χ3v) is 8.49. The van der Waals surface area contributed by atoms with Crippen molar-refractivity contribution in [3.05, 3.63) is 124 Å². The number of benzene rings is 4. The number of halogens is 2. The molecule has 1 fully saturated rings. The van der Waals surface area contributed by atoms with Crippen molar-refractivity contribution < 1.29 is 24.0 Å². The molecular formula is C34H26Cl2N4O5S. The fourth-order valence-electron chi connectivity index (χ4n) is 4.56. The number of nitrogens with one attached hydrogen (secondary N) is 3. The number of carbonyl (C=O) groups excluding carboxylic acids is 5. The van der Waals surface area contributed by atoms with E-state index in [1.54, 1.807) is 91.0 Å². The van der Waals surface area contributed by atoms with Gasteiger partial charge in [-0.3, -0.25) is 24.0 Å². The standard InChI is InChI=1S/C34H26Cl2N4O5S/c1-20(41)37-24-9-13-26(14-10-24)40-31(42)19-30(34(40)45)46-27-15-11-25(12-16-27)38-33(44)29(17-22-7-8-23(35)18-28(22)36)39-32(43)21-5-3-2-4-6-21/h2-18,30H,19H2,1H3,(H,37,41)(H,38,44)(H,39,43)/b29-17-. The van der Waals surface area contributed by atoms with Crippen molar-refractivity contribution in [2.45, 2.75) is 23.5 Å². The van der Waals surface area contributed by atoms with E-state index in [-0.39, 0.29) is 29.8 Å². The van der Waals surface area contributed by atoms with Crippen LogP contribution in [0.4, 0.5) is 17.1 Å². The van der Waals surface area contributed by atoms with Crippen molar-refractivity contribution in [3.8, 4) is 0 Å². The van der Waals surface area contributed by atoms with Crippen LogP contribution in [0.15, 0.2) is 108 Å². The molecule has 4 aromatic carbocycles. The molecule has 46 heavy (non-hydrogen) atoms. The first-order valence-corrected chi connectivity index (χ1v) is 15.6. The Labute approximate surface area is 279 Å². The Bertz CT molecular complexity index is 1850. The van der Waals surface area contributed by atoms with E-state index < -0.39 is 17.1 Å². The molecule has 1 atom stereocenters. The molecule has 0 aromatic heterocycles. The monoisotopic (exact) mass is 672 g/mol. The molecule has 1 aliphatic rings. The third-order valence-electron chi connectivity index (χ3n) is 6.73. The van der Waals surface area contributed by atoms with Gasteiger partial charge < -0.3 is 16.0 Å². The number of thioether (sulfide) groups is 1. The Balaban J connectivity index is 1.27. The Morgan fingerprint density at radius 2 is 1.50 bits per heavy atom. The summed E-state index contributed by atoms with van der Waals surface area (Å²) in [5.41, 5.74) is 2.22. The molecule has 1 saturated heterocycles. The molecule has 0 radical (unpaired) electrons. The number of hydrogen-bond donors (Lipinski definition) is 3. The number of amides is 5. The topological polar surface area (TPSA) is 125 Å². The van der Waals surface area contributed by atoms with Gasteiger partial charge in [-0.1, -0.05) is 47.5 Å². The van der Waals surface area contributed by atoms with E-state index in [0.29, 0.717) is 43.1 Å². The fourth-order valence-corrected chi connectivity index (χ4v) is 6.08. The highest BCUT2D eigenvalue weighted by Crippen LogP contribution is 2.35. The second-order valence-electron chi connectivity index (χ2n) is 10.1. The van der Waals surface area contributed by atoms with Crippen LogP contribution in [0.5, 0.6) is 0 Å². The summed E-state index contributed by atoms with van der Waals surface area (Å²) in [6, 6.07) is 26.5. The maximum Gasteiger partial charge on any atom is 0.272 e. The number of rotatable bonds is 9. The van der Waals surface area contributed by atoms with Crippen LogP contribution >= 0.6 is 35.0 Å². The minimum Gasteiger partial charge on any atom is -0.326 e. The van der Waals surface area contributed by atoms with Crippen LogP contribution < -0.4 is 20.9 Å². The van der Waals surface area contributed by atoms with Crippen LogP contribution in [0.1, 0.15) is 29.3 Å². The molecule has 9 nitrogen and oxygen atoms in total. The Morgan fingerprint density at radius 3 is 2.15 bits per heavy atom. The highest BCUT2D eigenvalue weighted by Gasteiger charge is 2.40. The van der Waals surface area contributed by atoms with Crippen molar-refractivity contribution in [2.24, 2.45) is 0 Å². The van der Waals surface area contributed by atoms with E-state index in [2.05, 4.69) is 16.0 Å². The maximum atomic E-state index is 13.4. The zero-order chi connectivity index (χ0) is 32.8. The van der Waals surface area contributed by atoms with E-state index in [1.807, 2.05) is 0 Å². The highest BCUT2D eigenvalue weighted by atomic mass is 35.5. The molecule has 0 aliphatic carbocycles. The highest BCUT2D eigenvalue weighted by molar-refractivity contribution is 8.00. The number of hydrogen-bond acceptors (Lipinski definition) is 6. The first-order chi connectivity index (χ1) is 22.1. The summed E-state index contributed by atoms with van der Waals surface area (Å²) in [6.45, 7) is 1.39. The van der Waals surface area contributed by atoms with Gasteiger partial charge >= 0.3 is 0 Å². The number of nitrogens with zero attached hydrogens (tertiary/aromatic N) is 1. The number of imide groups is 1. The third kappa shape index (κ3) is 8.02. The van der Waals surface area contributed by atoms with Crippen molar-refractivity contribution in [2.75, 3.05) is 15.5 Å². The molecule has 232 valence electrons. The van der Waals surface area contributed by atoms with Crippen LogP contribution in [-0.2, 0) is 19.2 Å². The predicted molar refractivity (Wildman–Crippen MR) is 181 cm³/mol. The van der Waals surface area contributed by atoms with Crippen LogP contribution in [0.3, 0.4) is 0 Å². The largest absolute Gasteiger partial charge is 0.326 e. The lowest BCUT2D eigenvalue weighted by atomic mass is 10.1. The second-order valence-corrected chi connectivity index (χ2v) is 12.2. The Hall–Kier alpha value is -4.90. The first kappa shape index (κ1) is 32.5. The molecule has 5 rings (SSSR count). The first-order valence-electron chi connectivity index (χ1n) is 13.9. The van der Waals surface area contributed by atoms with Gasteiger partial charge in [0.2, 0.25) is 17.7 Å². The van der Waals surface area contributed by atoms with Gasteiger partial charge in [0.1, 0.15) is 5.70 Å². The molecule has 0 spiro atoms. The molecule has 0 bridgehead atoms. The second kappa shape index (κ2) is 14.5. The zero-order valence-corrected chi connectivity index (χ0v) is 26.6. The average molecular weight is 674 g/mol. The lowest BCUT2D eigenvalue weighted by molar-refractivity contribution is -0.121. The lowest BCUT2D eigenvalue weighted by Crippen LogP contribution is -2.31. The van der Waals surface area contributed by atoms with Crippen molar-refractivity contribution >= 4 is 87.6 Å². The van der Waals surface area contributed by atoms with E-state index in [0.717, 1.165) is 4.90 Å². The molecule has 1 aliphatic heterocycles. The minimum absolute atomic E-state index is 0.0258. The molecule has 5 amide bonds. The lowest BCUT2D eigenvalue weighted by Gasteiger charge is -2.15. The number of anilines is 3. The summed E-state index contributed by atoms with van der Waals surface area (Å²) in [5.74, 6) is -1.96. The van der Waals surface area contributed by atoms with Gasteiger partial charge in [-0.2, -0.15) is 0 Å². The minimum atomic E-state index is -0.630. The van der Waals surface area contributed by atoms with E-state index in [1.165, 1.54) is 30.8 Å². The van der Waals surface area contributed by atoms with Crippen LogP contribution in [0.25, 0.3) is 6.08 Å². The van der Waals surface area contributed by atoms with Crippen molar-refractivity contribution in [1.82, 2.24) is 5.32 Å². The summed E-state index contributed by atoms with van der Waals surface area (Å²) in [6.07, 6.45) is 1.48. The molecule has 12 heteroatoms. The average Bonchev–Trinajstić information content (AvgIpc) is 3.31. The van der Waals surface area contributed by atoms with Crippen LogP contribution in [-0.4, -0.2) is 34.8 Å². The fraction of sp³-hybridized carbons (Fsp3) is 0.0882. The molecular weight excluding hydrogens is 647 g/mol. The van der Waals surface area contributed by atoms with E-state index >= 15 is 0 Å². The molecule has 1 heterocycles. The zero-order valence-electron chi connectivity index (χ0n) is 24.3. The normalized spacial score (nSPS) is 14.6. The van der Waals surface area contributed by atoms with Gasteiger partial charge in [0.05, 0.1) is 10.9 Å². The summed E-state index contributed by atoms with van der Waals surface area (Å²) in [4.78, 5) is 65.3. The summed E-state index contributed by atoms with van der Waals surface area (Å²) in [7, 11) is 0. The smallest absolute Gasteiger partial charge is 0.272 e. The van der Waals surface area contributed by atoms with Gasteiger partial charge in [-0.15, -0.1) is 11.8 Å². The van der Waals surface area contributed by atoms with Gasteiger partial charge in [-0.05, 0) is 84.4 Å². The summed E-state index contributed by atoms with van der Waals surface area (Å²) in [5, 5.41) is 8.18. The van der Waals surface area contributed by atoms with Gasteiger partial charge in [0.15, 0.2) is 0 Å². The van der Waals surface area contributed by atoms with Gasteiger partial charge in [-0.25, -0.2) is 4.90 Å². The quantitative estimate of drug-likeness (QED) is 0.133. The summed E-state index contributed by atoms with van der Waals surface area (Å²) >= 11 is 13.6. The SMILES string of the molecule is CC(=O)Nc1ccc(N2C(=O)CC(Sc3ccc(NC(=O)/C(=C/c4ccc(Cl)cc4Cl)NC(=O)c4ccccc4)cc3)C2=O)cc1. The number of carbonyl (C=O) groups is 5. The molecule has 1 unspecified atom stereocenters. The van der Waals surface area contributed by atoms with E-state index in [4.69, 9.17) is 23.2 Å². The van der Waals surface area contributed by atoms with Gasteiger partial charge in [0.25, 0.3) is 11.8 Å². The Morgan fingerprint density at radius 1 is 0.848 bits per heavy atom. The predicted octanol–water partition coefficient (Wildman–Crippen LogP) is 6.79. The molecule has 4 aromatic rings. The molecule has 3 N–H and O–H groups in total. The van der Waals surface area contributed by atoms with Crippen LogP contribution in [0.2, 0.25) is 10.0 Å². The van der Waals surface area contributed by atoms with Crippen molar-refractivity contribution in [3.63, 3.8) is 0 Å².